The summed E-state index contributed by atoms with van der Waals surface area (Å²) in [5.74, 6) is 1.93. The largest absolute Gasteiger partial charge is 0.0625 e. The summed E-state index contributed by atoms with van der Waals surface area (Å²) in [7, 11) is 0. The first-order valence-electron chi connectivity index (χ1n) is 7.43. The van der Waals surface area contributed by atoms with Crippen LogP contribution >= 0.6 is 0 Å². The molecule has 0 radical (unpaired) electrons. The van der Waals surface area contributed by atoms with E-state index >= 15 is 0 Å². The summed E-state index contributed by atoms with van der Waals surface area (Å²) in [6.07, 6.45) is 12.0. The molecule has 0 nitrogen and oxygen atoms in total. The number of hydrogen-bond donors (Lipinski definition) is 0. The van der Waals surface area contributed by atoms with Gasteiger partial charge >= 0.3 is 0 Å². The van der Waals surface area contributed by atoms with E-state index in [9.17, 15) is 0 Å². The summed E-state index contributed by atoms with van der Waals surface area (Å²) in [5, 5.41) is 0. The van der Waals surface area contributed by atoms with Crippen LogP contribution in [0.3, 0.4) is 0 Å². The third-order valence-electron chi connectivity index (χ3n) is 5.45. The highest BCUT2D eigenvalue weighted by Crippen LogP contribution is 2.54. The van der Waals surface area contributed by atoms with E-state index in [2.05, 4.69) is 27.7 Å². The fourth-order valence-corrected chi connectivity index (χ4v) is 4.48. The lowest BCUT2D eigenvalue weighted by molar-refractivity contribution is 0.0252. The minimum atomic E-state index is 0.628. The van der Waals surface area contributed by atoms with Gasteiger partial charge in [0, 0.05) is 0 Å². The molecule has 2 saturated carbocycles. The first-order valence-corrected chi connectivity index (χ1v) is 7.43. The van der Waals surface area contributed by atoms with Gasteiger partial charge in [-0.25, -0.2) is 0 Å². The molecule has 0 N–H and O–H groups in total. The van der Waals surface area contributed by atoms with E-state index in [1.807, 2.05) is 0 Å². The Bertz CT molecular complexity index is 228. The average Bonchev–Trinajstić information content (AvgIpc) is 2.16. The summed E-state index contributed by atoms with van der Waals surface area (Å²) in [6, 6.07) is 0. The molecule has 0 amide bonds. The van der Waals surface area contributed by atoms with Gasteiger partial charge in [0.25, 0.3) is 0 Å². The second-order valence-electron chi connectivity index (χ2n) is 7.78. The van der Waals surface area contributed by atoms with Crippen LogP contribution in [0.5, 0.6) is 0 Å². The Labute approximate surface area is 102 Å². The molecule has 2 aliphatic rings. The highest BCUT2D eigenvalue weighted by Gasteiger charge is 2.42. The molecule has 2 aliphatic carbocycles. The molecule has 0 aromatic carbocycles. The summed E-state index contributed by atoms with van der Waals surface area (Å²) in [4.78, 5) is 0. The van der Waals surface area contributed by atoms with Gasteiger partial charge < -0.3 is 0 Å². The zero-order valence-electron chi connectivity index (χ0n) is 11.8. The van der Waals surface area contributed by atoms with Gasteiger partial charge in [0.2, 0.25) is 0 Å². The van der Waals surface area contributed by atoms with Crippen LogP contribution in [-0.2, 0) is 0 Å². The van der Waals surface area contributed by atoms with Gasteiger partial charge in [0.1, 0.15) is 0 Å². The lowest BCUT2D eigenvalue weighted by atomic mass is 9.56. The Kier molecular flexibility index (Phi) is 3.39. The first-order chi connectivity index (χ1) is 7.43. The minimum Gasteiger partial charge on any atom is -0.0625 e. The van der Waals surface area contributed by atoms with Crippen LogP contribution in [-0.4, -0.2) is 0 Å². The predicted molar refractivity (Wildman–Crippen MR) is 71.5 cm³/mol. The summed E-state index contributed by atoms with van der Waals surface area (Å²) in [5.41, 5.74) is 1.38. The second-order valence-corrected chi connectivity index (χ2v) is 7.78. The normalized spacial score (nSPS) is 39.2. The van der Waals surface area contributed by atoms with Crippen LogP contribution in [0.4, 0.5) is 0 Å². The van der Waals surface area contributed by atoms with Crippen molar-refractivity contribution in [3.63, 3.8) is 0 Å². The van der Waals surface area contributed by atoms with Crippen molar-refractivity contribution in [2.75, 3.05) is 0 Å². The van der Waals surface area contributed by atoms with Crippen LogP contribution in [0.1, 0.15) is 79.1 Å². The van der Waals surface area contributed by atoms with Gasteiger partial charge in [-0.15, -0.1) is 0 Å². The van der Waals surface area contributed by atoms with Crippen molar-refractivity contribution in [1.82, 2.24) is 0 Å². The van der Waals surface area contributed by atoms with Crippen molar-refractivity contribution in [3.8, 4) is 0 Å². The van der Waals surface area contributed by atoms with E-state index in [-0.39, 0.29) is 0 Å². The molecule has 0 aliphatic heterocycles. The van der Waals surface area contributed by atoms with Crippen molar-refractivity contribution < 1.29 is 0 Å². The molecule has 0 bridgehead atoms. The Balaban J connectivity index is 1.96. The minimum absolute atomic E-state index is 0.628. The van der Waals surface area contributed by atoms with E-state index in [0.717, 1.165) is 17.3 Å². The summed E-state index contributed by atoms with van der Waals surface area (Å²) >= 11 is 0. The average molecular weight is 222 g/mol. The molecule has 0 heterocycles. The maximum Gasteiger partial charge on any atom is -0.0292 e. The second kappa shape index (κ2) is 4.35. The third-order valence-corrected chi connectivity index (χ3v) is 5.45. The van der Waals surface area contributed by atoms with Gasteiger partial charge in [-0.3, -0.25) is 0 Å². The van der Waals surface area contributed by atoms with Crippen LogP contribution in [0, 0.1) is 22.7 Å². The van der Waals surface area contributed by atoms with Gasteiger partial charge in [-0.2, -0.15) is 0 Å². The fraction of sp³-hybridized carbons (Fsp3) is 1.00. The van der Waals surface area contributed by atoms with Crippen LogP contribution < -0.4 is 0 Å². The number of rotatable bonds is 1. The molecule has 0 heteroatoms. The van der Waals surface area contributed by atoms with E-state index < -0.39 is 0 Å². The van der Waals surface area contributed by atoms with E-state index in [1.54, 1.807) is 0 Å². The molecular weight excluding hydrogens is 192 g/mol. The summed E-state index contributed by atoms with van der Waals surface area (Å²) in [6.45, 7) is 9.80. The standard InChI is InChI=1S/C16H30/c1-13(2)14-6-10-16(11-7-14)9-5-8-15(3,4)12-16/h13-14H,5-12H2,1-4H3. The molecule has 2 fully saturated rings. The molecule has 0 aromatic heterocycles. The third kappa shape index (κ3) is 2.63. The van der Waals surface area contributed by atoms with Crippen molar-refractivity contribution in [1.29, 1.82) is 0 Å². The Morgan fingerprint density at radius 3 is 2.06 bits per heavy atom. The highest BCUT2D eigenvalue weighted by atomic mass is 14.5. The lowest BCUT2D eigenvalue weighted by Crippen LogP contribution is -2.37. The van der Waals surface area contributed by atoms with Gasteiger partial charge in [0.05, 0.1) is 0 Å². The molecule has 0 unspecified atom stereocenters. The van der Waals surface area contributed by atoms with Gasteiger partial charge in [0.15, 0.2) is 0 Å². The molecule has 2 rings (SSSR count). The van der Waals surface area contributed by atoms with Crippen molar-refractivity contribution in [2.45, 2.75) is 79.1 Å². The van der Waals surface area contributed by atoms with E-state index in [1.165, 1.54) is 51.4 Å². The fourth-order valence-electron chi connectivity index (χ4n) is 4.48. The Hall–Kier alpha value is 0. The van der Waals surface area contributed by atoms with Gasteiger partial charge in [-0.1, -0.05) is 34.1 Å². The molecule has 94 valence electrons. The Morgan fingerprint density at radius 2 is 1.56 bits per heavy atom. The van der Waals surface area contributed by atoms with E-state index in [4.69, 9.17) is 0 Å². The molecular formula is C16H30. The number of hydrogen-bond acceptors (Lipinski definition) is 0. The zero-order chi connectivity index (χ0) is 11.8. The van der Waals surface area contributed by atoms with Crippen LogP contribution in [0.2, 0.25) is 0 Å². The van der Waals surface area contributed by atoms with Crippen LogP contribution in [0.25, 0.3) is 0 Å². The monoisotopic (exact) mass is 222 g/mol. The molecule has 0 aromatic rings. The zero-order valence-corrected chi connectivity index (χ0v) is 11.8. The molecule has 16 heavy (non-hydrogen) atoms. The van der Waals surface area contributed by atoms with E-state index in [0.29, 0.717) is 5.41 Å². The topological polar surface area (TPSA) is 0 Å². The Morgan fingerprint density at radius 1 is 0.938 bits per heavy atom. The maximum absolute atomic E-state index is 2.49. The van der Waals surface area contributed by atoms with Crippen molar-refractivity contribution in [2.24, 2.45) is 22.7 Å². The molecule has 0 atom stereocenters. The predicted octanol–water partition coefficient (Wildman–Crippen LogP) is 5.42. The maximum atomic E-state index is 2.49. The SMILES string of the molecule is CC(C)C1CCC2(CCCC(C)(C)C2)CC1. The van der Waals surface area contributed by atoms with Crippen LogP contribution in [0.15, 0.2) is 0 Å². The van der Waals surface area contributed by atoms with Crippen molar-refractivity contribution in [3.05, 3.63) is 0 Å². The molecule has 1 spiro atoms. The van der Waals surface area contributed by atoms with Crippen molar-refractivity contribution >= 4 is 0 Å². The molecule has 0 saturated heterocycles. The first kappa shape index (κ1) is 12.5. The highest BCUT2D eigenvalue weighted by molar-refractivity contribution is 4.93. The van der Waals surface area contributed by atoms with Gasteiger partial charge in [-0.05, 0) is 67.6 Å². The summed E-state index contributed by atoms with van der Waals surface area (Å²) < 4.78 is 0. The smallest absolute Gasteiger partial charge is 0.0292 e. The quantitative estimate of drug-likeness (QED) is 0.556. The lowest BCUT2D eigenvalue weighted by Gasteiger charge is -2.49.